The molecule has 0 bridgehead atoms. The molecule has 4 amide bonds. The fraction of sp³-hybridized carbons (Fsp3) is 0.516. The molecule has 1 saturated heterocycles. The summed E-state index contributed by atoms with van der Waals surface area (Å²) in [6, 6.07) is 7.86. The number of likely N-dealkylation sites (N-methyl/N-ethyl adjacent to an activating group) is 1. The summed E-state index contributed by atoms with van der Waals surface area (Å²) in [5, 5.41) is 15.4. The van der Waals surface area contributed by atoms with Gasteiger partial charge in [-0.2, -0.15) is 13.2 Å². The van der Waals surface area contributed by atoms with Crippen molar-refractivity contribution in [2.75, 3.05) is 70.2 Å². The van der Waals surface area contributed by atoms with E-state index in [1.807, 2.05) is 6.92 Å². The Labute approximate surface area is 260 Å². The number of anilines is 2. The Morgan fingerprint density at radius 3 is 2.40 bits per heavy atom. The van der Waals surface area contributed by atoms with E-state index in [4.69, 9.17) is 9.47 Å². The van der Waals surface area contributed by atoms with Gasteiger partial charge in [0.05, 0.1) is 43.5 Å². The zero-order chi connectivity index (χ0) is 32.7. The van der Waals surface area contributed by atoms with Crippen LogP contribution in [0, 0.1) is 5.92 Å². The first-order chi connectivity index (χ1) is 21.3. The maximum Gasteiger partial charge on any atom is 0.416 e. The van der Waals surface area contributed by atoms with Crippen molar-refractivity contribution in [2.45, 2.75) is 38.6 Å². The van der Waals surface area contributed by atoms with Crippen LogP contribution in [0.25, 0.3) is 0 Å². The predicted octanol–water partition coefficient (Wildman–Crippen LogP) is 3.75. The van der Waals surface area contributed by atoms with E-state index in [0.29, 0.717) is 25.4 Å². The number of halogens is 3. The molecule has 0 saturated carbocycles. The van der Waals surface area contributed by atoms with Crippen LogP contribution in [0.1, 0.15) is 36.2 Å². The molecule has 0 spiro atoms. The van der Waals surface area contributed by atoms with Crippen molar-refractivity contribution in [3.05, 3.63) is 53.6 Å². The molecule has 4 rings (SSSR count). The van der Waals surface area contributed by atoms with Crippen LogP contribution in [0.2, 0.25) is 0 Å². The number of benzene rings is 2. The Morgan fingerprint density at radius 1 is 1.09 bits per heavy atom. The average Bonchev–Trinajstić information content (AvgIpc) is 3.01. The molecule has 0 aromatic heterocycles. The number of carbonyl (C=O) groups is 3. The van der Waals surface area contributed by atoms with Crippen molar-refractivity contribution in [1.82, 2.24) is 14.7 Å². The van der Waals surface area contributed by atoms with Crippen molar-refractivity contribution in [3.8, 4) is 5.75 Å². The summed E-state index contributed by atoms with van der Waals surface area (Å²) in [7, 11) is 1.53. The number of amides is 4. The first-order valence-electron chi connectivity index (χ1n) is 14.9. The van der Waals surface area contributed by atoms with Gasteiger partial charge in [-0.25, -0.2) is 4.79 Å². The second-order valence-electron chi connectivity index (χ2n) is 11.5. The summed E-state index contributed by atoms with van der Waals surface area (Å²) >= 11 is 0. The Hall–Kier alpha value is -3.88. The fourth-order valence-electron chi connectivity index (χ4n) is 5.14. The molecule has 2 heterocycles. The third-order valence-corrected chi connectivity index (χ3v) is 7.97. The minimum Gasteiger partial charge on any atom is -0.487 e. The van der Waals surface area contributed by atoms with Crippen LogP contribution >= 0.6 is 0 Å². The number of fused-ring (bicyclic) bond motifs is 1. The summed E-state index contributed by atoms with van der Waals surface area (Å²) in [4.78, 5) is 44.4. The number of hydrogen-bond acceptors (Lipinski definition) is 7. The summed E-state index contributed by atoms with van der Waals surface area (Å²) < 4.78 is 50.4. The van der Waals surface area contributed by atoms with Gasteiger partial charge in [-0.05, 0) is 49.4 Å². The van der Waals surface area contributed by atoms with Gasteiger partial charge in [0.25, 0.3) is 5.91 Å². The van der Waals surface area contributed by atoms with Gasteiger partial charge in [-0.3, -0.25) is 14.5 Å². The van der Waals surface area contributed by atoms with Crippen LogP contribution in [0.4, 0.5) is 29.3 Å². The number of morpholine rings is 1. The van der Waals surface area contributed by atoms with Crippen LogP contribution in [0.15, 0.2) is 42.5 Å². The minimum atomic E-state index is -4.49. The van der Waals surface area contributed by atoms with Crippen molar-refractivity contribution >= 4 is 29.2 Å². The lowest BCUT2D eigenvalue weighted by Crippen LogP contribution is -2.50. The van der Waals surface area contributed by atoms with E-state index in [1.54, 1.807) is 30.0 Å². The summed E-state index contributed by atoms with van der Waals surface area (Å²) in [5.74, 6) is -0.588. The molecule has 3 N–H and O–H groups in total. The topological polar surface area (TPSA) is 124 Å². The van der Waals surface area contributed by atoms with Crippen molar-refractivity contribution < 1.29 is 42.1 Å². The molecule has 2 aromatic carbocycles. The smallest absolute Gasteiger partial charge is 0.416 e. The minimum absolute atomic E-state index is 0.0860. The summed E-state index contributed by atoms with van der Waals surface area (Å²) in [6.07, 6.45) is -4.81. The Morgan fingerprint density at radius 2 is 1.76 bits per heavy atom. The molecule has 0 unspecified atom stereocenters. The molecule has 1 fully saturated rings. The van der Waals surface area contributed by atoms with Crippen molar-refractivity contribution in [1.29, 1.82) is 0 Å². The van der Waals surface area contributed by atoms with Crippen LogP contribution in [-0.4, -0.2) is 109 Å². The number of aliphatic hydroxyl groups is 1. The second-order valence-corrected chi connectivity index (χ2v) is 11.5. The molecule has 0 aliphatic carbocycles. The third-order valence-electron chi connectivity index (χ3n) is 7.97. The van der Waals surface area contributed by atoms with E-state index in [0.717, 1.165) is 25.2 Å². The molecule has 11 nitrogen and oxygen atoms in total. The predicted molar refractivity (Wildman–Crippen MR) is 161 cm³/mol. The van der Waals surface area contributed by atoms with Crippen LogP contribution < -0.4 is 15.4 Å². The van der Waals surface area contributed by atoms with Gasteiger partial charge in [-0.1, -0.05) is 6.92 Å². The van der Waals surface area contributed by atoms with E-state index in [1.165, 1.54) is 24.1 Å². The lowest BCUT2D eigenvalue weighted by Gasteiger charge is -2.38. The van der Waals surface area contributed by atoms with E-state index in [2.05, 4.69) is 15.5 Å². The standard InChI is InChI=1S/C31H40F3N5O6/c1-20-17-39(21(2)19-40)29(42)25-16-24(35-28(41)10-11-38-12-14-44-15-13-38)8-9-26(25)45-27(20)18-37(3)30(43)36-23-6-4-22(5-7-23)31(32,33)34/h4-9,16,20-21,27,40H,10-15,17-19H2,1-3H3,(H,35,41)(H,36,43)/t20-,21-,27+/m0/s1. The largest absolute Gasteiger partial charge is 0.487 e. The Bertz CT molecular complexity index is 1340. The number of nitrogens with one attached hydrogen (secondary N) is 2. The van der Waals surface area contributed by atoms with Gasteiger partial charge in [-0.15, -0.1) is 0 Å². The summed E-state index contributed by atoms with van der Waals surface area (Å²) in [5.41, 5.74) is 0.00334. The van der Waals surface area contributed by atoms with Crippen molar-refractivity contribution in [2.24, 2.45) is 5.92 Å². The highest BCUT2D eigenvalue weighted by atomic mass is 19.4. The monoisotopic (exact) mass is 635 g/mol. The molecule has 45 heavy (non-hydrogen) atoms. The molecule has 14 heteroatoms. The maximum absolute atomic E-state index is 13.7. The number of ether oxygens (including phenoxy) is 2. The van der Waals surface area contributed by atoms with Crippen LogP contribution in [0.5, 0.6) is 5.75 Å². The maximum atomic E-state index is 13.7. The SMILES string of the molecule is C[C@H]1CN([C@@H](C)CO)C(=O)c2cc(NC(=O)CCN3CCOCC3)ccc2O[C@@H]1CN(C)C(=O)Nc1ccc(C(F)(F)F)cc1. The first-order valence-corrected chi connectivity index (χ1v) is 14.9. The Kier molecular flexibility index (Phi) is 11.3. The Balaban J connectivity index is 1.48. The highest BCUT2D eigenvalue weighted by Crippen LogP contribution is 2.32. The van der Waals surface area contributed by atoms with Gasteiger partial charge in [0.2, 0.25) is 5.91 Å². The van der Waals surface area contributed by atoms with Gasteiger partial charge >= 0.3 is 12.2 Å². The molecular formula is C31H40F3N5O6. The van der Waals surface area contributed by atoms with Gasteiger partial charge in [0, 0.05) is 56.9 Å². The van der Waals surface area contributed by atoms with E-state index in [9.17, 15) is 32.7 Å². The summed E-state index contributed by atoms with van der Waals surface area (Å²) in [6.45, 7) is 7.01. The number of rotatable bonds is 9. The quantitative estimate of drug-likeness (QED) is 0.384. The van der Waals surface area contributed by atoms with Gasteiger partial charge in [0.1, 0.15) is 11.9 Å². The first kappa shape index (κ1) is 34.0. The molecule has 2 aliphatic rings. The molecule has 2 aliphatic heterocycles. The van der Waals surface area contributed by atoms with Gasteiger partial charge in [0.15, 0.2) is 0 Å². The van der Waals surface area contributed by atoms with E-state index < -0.39 is 29.9 Å². The number of carbonyl (C=O) groups excluding carboxylic acids is 3. The number of urea groups is 1. The van der Waals surface area contributed by atoms with Crippen LogP contribution in [0.3, 0.4) is 0 Å². The average molecular weight is 636 g/mol. The molecule has 246 valence electrons. The lowest BCUT2D eigenvalue weighted by atomic mass is 9.99. The number of alkyl halides is 3. The molecule has 3 atom stereocenters. The lowest BCUT2D eigenvalue weighted by molar-refractivity contribution is -0.137. The zero-order valence-corrected chi connectivity index (χ0v) is 25.6. The highest BCUT2D eigenvalue weighted by molar-refractivity contribution is 6.00. The highest BCUT2D eigenvalue weighted by Gasteiger charge is 2.34. The fourth-order valence-corrected chi connectivity index (χ4v) is 5.14. The number of aliphatic hydroxyl groups excluding tert-OH is 1. The van der Waals surface area contributed by atoms with E-state index in [-0.39, 0.29) is 60.8 Å². The zero-order valence-electron chi connectivity index (χ0n) is 25.6. The van der Waals surface area contributed by atoms with Crippen molar-refractivity contribution in [3.63, 3.8) is 0 Å². The van der Waals surface area contributed by atoms with E-state index >= 15 is 0 Å². The third kappa shape index (κ3) is 9.08. The molecule has 0 radical (unpaired) electrons. The number of hydrogen-bond donors (Lipinski definition) is 3. The van der Waals surface area contributed by atoms with Crippen LogP contribution in [-0.2, 0) is 15.7 Å². The second kappa shape index (κ2) is 14.9. The normalized spacial score (nSPS) is 19.9. The molecule has 2 aromatic rings. The number of nitrogens with zero attached hydrogens (tertiary/aromatic N) is 3. The molecular weight excluding hydrogens is 595 g/mol. The van der Waals surface area contributed by atoms with Gasteiger partial charge < -0.3 is 35.0 Å².